The third kappa shape index (κ3) is 2.09. The van der Waals surface area contributed by atoms with Crippen LogP contribution in [0, 0.1) is 5.92 Å². The van der Waals surface area contributed by atoms with Crippen molar-refractivity contribution in [3.8, 4) is 0 Å². The maximum absolute atomic E-state index is 12.7. The van der Waals surface area contributed by atoms with Crippen LogP contribution in [0.1, 0.15) is 32.1 Å². The van der Waals surface area contributed by atoms with Crippen molar-refractivity contribution < 1.29 is 8.42 Å². The Bertz CT molecular complexity index is 406. The van der Waals surface area contributed by atoms with Crippen LogP contribution in [0.15, 0.2) is 0 Å². The number of nitrogens with zero attached hydrogens (tertiary/aromatic N) is 2. The summed E-state index contributed by atoms with van der Waals surface area (Å²) < 4.78 is 28.7. The maximum Gasteiger partial charge on any atom is 0.282 e. The van der Waals surface area contributed by atoms with E-state index in [0.717, 1.165) is 45.3 Å². The fraction of sp³-hybridized carbons (Fsp3) is 1.00. The number of piperidine rings is 2. The number of hydrogen-bond donors (Lipinski definition) is 1. The lowest BCUT2D eigenvalue weighted by atomic mass is 10.1. The molecule has 104 valence electrons. The first-order valence-corrected chi connectivity index (χ1v) is 8.44. The highest BCUT2D eigenvalue weighted by atomic mass is 32.2. The first-order valence-electron chi connectivity index (χ1n) is 7.04. The molecule has 2 aliphatic heterocycles. The van der Waals surface area contributed by atoms with Gasteiger partial charge in [-0.25, -0.2) is 0 Å². The Morgan fingerprint density at radius 3 is 2.44 bits per heavy atom. The third-order valence-electron chi connectivity index (χ3n) is 4.84. The van der Waals surface area contributed by atoms with Gasteiger partial charge in [-0.3, -0.25) is 0 Å². The van der Waals surface area contributed by atoms with Gasteiger partial charge in [0.25, 0.3) is 10.2 Å². The lowest BCUT2D eigenvalue weighted by Gasteiger charge is -2.36. The molecule has 3 aliphatic rings. The van der Waals surface area contributed by atoms with E-state index in [0.29, 0.717) is 5.92 Å². The maximum atomic E-state index is 12.7. The molecule has 0 aromatic carbocycles. The monoisotopic (exact) mass is 273 g/mol. The quantitative estimate of drug-likeness (QED) is 0.810. The zero-order valence-electron chi connectivity index (χ0n) is 11.0. The molecule has 2 bridgehead atoms. The predicted octanol–water partition coefficient (Wildman–Crippen LogP) is 0.399. The molecule has 1 saturated carbocycles. The van der Waals surface area contributed by atoms with Crippen LogP contribution < -0.4 is 5.32 Å². The van der Waals surface area contributed by atoms with E-state index in [9.17, 15) is 8.42 Å². The van der Waals surface area contributed by atoms with Crippen LogP contribution in [0.3, 0.4) is 0 Å². The van der Waals surface area contributed by atoms with E-state index in [1.807, 2.05) is 0 Å². The second kappa shape index (κ2) is 4.74. The Morgan fingerprint density at radius 1 is 1.17 bits per heavy atom. The number of nitrogens with one attached hydrogen (secondary N) is 1. The minimum Gasteiger partial charge on any atom is -0.317 e. The average Bonchev–Trinajstić information content (AvgIpc) is 3.01. The second-order valence-corrected chi connectivity index (χ2v) is 7.85. The van der Waals surface area contributed by atoms with Crippen molar-refractivity contribution >= 4 is 10.2 Å². The summed E-state index contributed by atoms with van der Waals surface area (Å²) in [5.74, 6) is 0.617. The largest absolute Gasteiger partial charge is 0.317 e. The Morgan fingerprint density at radius 2 is 1.89 bits per heavy atom. The van der Waals surface area contributed by atoms with Crippen molar-refractivity contribution in [3.05, 3.63) is 0 Å². The number of fused-ring (bicyclic) bond motifs is 2. The molecular weight excluding hydrogens is 250 g/mol. The van der Waals surface area contributed by atoms with Gasteiger partial charge in [0.2, 0.25) is 0 Å². The van der Waals surface area contributed by atoms with E-state index in [1.54, 1.807) is 15.7 Å². The molecule has 0 aromatic rings. The Labute approximate surface area is 110 Å². The van der Waals surface area contributed by atoms with Crippen molar-refractivity contribution in [2.75, 3.05) is 26.7 Å². The van der Waals surface area contributed by atoms with Gasteiger partial charge < -0.3 is 5.32 Å². The molecule has 2 atom stereocenters. The van der Waals surface area contributed by atoms with E-state index >= 15 is 0 Å². The van der Waals surface area contributed by atoms with Crippen molar-refractivity contribution in [1.29, 1.82) is 0 Å². The molecule has 0 aromatic heterocycles. The lowest BCUT2D eigenvalue weighted by molar-refractivity contribution is 0.254. The van der Waals surface area contributed by atoms with Crippen LogP contribution >= 0.6 is 0 Å². The van der Waals surface area contributed by atoms with E-state index < -0.39 is 10.2 Å². The van der Waals surface area contributed by atoms with Gasteiger partial charge in [0.1, 0.15) is 0 Å². The standard InChI is InChI=1S/C12H23N3O2S/c1-14(11-4-6-13-7-5-11)18(16,17)15-9-10-2-3-12(15)8-10/h10-13H,2-9H2,1H3. The van der Waals surface area contributed by atoms with Crippen LogP contribution in [-0.2, 0) is 10.2 Å². The molecule has 2 unspecified atom stereocenters. The minimum absolute atomic E-state index is 0.176. The highest BCUT2D eigenvalue weighted by Gasteiger charge is 2.46. The van der Waals surface area contributed by atoms with Crippen molar-refractivity contribution in [1.82, 2.24) is 13.9 Å². The lowest BCUT2D eigenvalue weighted by Crippen LogP contribution is -2.51. The molecule has 2 saturated heterocycles. The van der Waals surface area contributed by atoms with E-state index in [1.165, 1.54) is 6.42 Å². The zero-order chi connectivity index (χ0) is 12.8. The summed E-state index contributed by atoms with van der Waals surface area (Å²) in [5.41, 5.74) is 0. The van der Waals surface area contributed by atoms with Crippen LogP contribution in [0.5, 0.6) is 0 Å². The summed E-state index contributed by atoms with van der Waals surface area (Å²) in [6.45, 7) is 2.61. The smallest absolute Gasteiger partial charge is 0.282 e. The summed E-state index contributed by atoms with van der Waals surface area (Å²) in [7, 11) is -1.47. The highest BCUT2D eigenvalue weighted by Crippen LogP contribution is 2.39. The molecule has 0 amide bonds. The fourth-order valence-corrected chi connectivity index (χ4v) is 5.57. The van der Waals surface area contributed by atoms with Crippen molar-refractivity contribution in [3.63, 3.8) is 0 Å². The summed E-state index contributed by atoms with van der Waals surface area (Å²) in [6, 6.07) is 0.458. The third-order valence-corrected chi connectivity index (χ3v) is 6.91. The van der Waals surface area contributed by atoms with Gasteiger partial charge in [-0.15, -0.1) is 0 Å². The summed E-state index contributed by atoms with van der Waals surface area (Å²) in [6.07, 6.45) is 5.21. The second-order valence-electron chi connectivity index (χ2n) is 5.91. The summed E-state index contributed by atoms with van der Waals surface area (Å²) in [5, 5.41) is 3.28. The predicted molar refractivity (Wildman–Crippen MR) is 70.4 cm³/mol. The fourth-order valence-electron chi connectivity index (χ4n) is 3.69. The molecule has 18 heavy (non-hydrogen) atoms. The van der Waals surface area contributed by atoms with Crippen molar-refractivity contribution in [2.45, 2.75) is 44.2 Å². The number of hydrogen-bond acceptors (Lipinski definition) is 3. The Hall–Kier alpha value is -0.170. The molecule has 3 rings (SSSR count). The van der Waals surface area contributed by atoms with Crippen LogP contribution in [0.2, 0.25) is 0 Å². The Balaban J connectivity index is 1.73. The SMILES string of the molecule is CN(C1CCNCC1)S(=O)(=O)N1CC2CCC1C2. The molecule has 6 heteroatoms. The summed E-state index contributed by atoms with van der Waals surface area (Å²) in [4.78, 5) is 0. The van der Waals surface area contributed by atoms with Gasteiger partial charge in [-0.1, -0.05) is 0 Å². The van der Waals surface area contributed by atoms with Gasteiger partial charge in [-0.2, -0.15) is 17.0 Å². The molecule has 5 nitrogen and oxygen atoms in total. The molecule has 1 aliphatic carbocycles. The average molecular weight is 273 g/mol. The first kappa shape index (κ1) is 12.8. The van der Waals surface area contributed by atoms with Gasteiger partial charge >= 0.3 is 0 Å². The molecule has 1 N–H and O–H groups in total. The van der Waals surface area contributed by atoms with Crippen molar-refractivity contribution in [2.24, 2.45) is 5.92 Å². The molecule has 0 spiro atoms. The van der Waals surface area contributed by atoms with Crippen LogP contribution in [0.25, 0.3) is 0 Å². The van der Waals surface area contributed by atoms with Crippen LogP contribution in [0.4, 0.5) is 0 Å². The first-order chi connectivity index (χ1) is 8.59. The zero-order valence-corrected chi connectivity index (χ0v) is 11.8. The topological polar surface area (TPSA) is 52.7 Å². The van der Waals surface area contributed by atoms with Gasteiger partial charge in [0, 0.05) is 25.7 Å². The molecule has 2 heterocycles. The van der Waals surface area contributed by atoms with Gasteiger partial charge in [-0.05, 0) is 51.1 Å². The Kier molecular flexibility index (Phi) is 3.38. The highest BCUT2D eigenvalue weighted by molar-refractivity contribution is 7.86. The number of rotatable bonds is 3. The van der Waals surface area contributed by atoms with Gasteiger partial charge in [0.15, 0.2) is 0 Å². The molecule has 3 fully saturated rings. The van der Waals surface area contributed by atoms with Crippen LogP contribution in [-0.4, -0.2) is 55.8 Å². The van der Waals surface area contributed by atoms with E-state index in [4.69, 9.17) is 0 Å². The van der Waals surface area contributed by atoms with E-state index in [-0.39, 0.29) is 12.1 Å². The van der Waals surface area contributed by atoms with E-state index in [2.05, 4.69) is 5.32 Å². The molecular formula is C12H23N3O2S. The van der Waals surface area contributed by atoms with Gasteiger partial charge in [0.05, 0.1) is 0 Å². The summed E-state index contributed by atoms with van der Waals surface area (Å²) >= 11 is 0. The molecule has 0 radical (unpaired) electrons. The normalized spacial score (nSPS) is 34.6. The minimum atomic E-state index is -3.23.